The second-order valence-electron chi connectivity index (χ2n) is 30.4. The maximum Gasteiger partial charge on any atom is 0.416 e. The maximum absolute atomic E-state index is 16.5. The van der Waals surface area contributed by atoms with E-state index in [-0.39, 0.29) is 224 Å². The predicted molar refractivity (Wildman–Crippen MR) is 398 cm³/mol. The molecule has 0 spiro atoms. The normalized spacial score (nSPS) is 16.1. The summed E-state index contributed by atoms with van der Waals surface area (Å²) in [4.78, 5) is 129. The van der Waals surface area contributed by atoms with E-state index in [2.05, 4.69) is 10.6 Å². The van der Waals surface area contributed by atoms with E-state index in [0.717, 1.165) is 69.5 Å². The Morgan fingerprint density at radius 1 is 0.427 bits per heavy atom. The first kappa shape index (κ1) is 77.3. The zero-order valence-electron chi connectivity index (χ0n) is 62.4. The molecular formula is C84H84F6N6O14. The summed E-state index contributed by atoms with van der Waals surface area (Å²) in [5.74, 6) is -8.29. The van der Waals surface area contributed by atoms with Crippen molar-refractivity contribution >= 4 is 90.3 Å². The number of aryl methyl sites for hydroxylation is 2. The van der Waals surface area contributed by atoms with Crippen LogP contribution in [0.4, 0.5) is 26.3 Å². The second kappa shape index (κ2) is 30.9. The number of carbonyl (C=O) groups is 8. The minimum absolute atomic E-state index is 0.0175. The maximum atomic E-state index is 16.5. The van der Waals surface area contributed by atoms with Crippen LogP contribution in [0.1, 0.15) is 145 Å². The Morgan fingerprint density at radius 3 is 0.945 bits per heavy atom. The van der Waals surface area contributed by atoms with Crippen LogP contribution in [0.3, 0.4) is 0 Å². The van der Waals surface area contributed by atoms with E-state index in [4.69, 9.17) is 28.4 Å². The van der Waals surface area contributed by atoms with Gasteiger partial charge in [-0.1, -0.05) is 90.8 Å². The smallest absolute Gasteiger partial charge is 0.416 e. The molecule has 4 aliphatic heterocycles. The number of nitrogens with one attached hydrogen (secondary N) is 2. The van der Waals surface area contributed by atoms with Gasteiger partial charge in [0.2, 0.25) is 23.6 Å². The van der Waals surface area contributed by atoms with E-state index >= 15 is 28.8 Å². The van der Waals surface area contributed by atoms with E-state index in [9.17, 15) is 35.9 Å². The molecule has 2 N–H and O–H groups in total. The highest BCUT2D eigenvalue weighted by atomic mass is 19.4. The molecule has 110 heavy (non-hydrogen) atoms. The molecule has 4 atom stereocenters. The summed E-state index contributed by atoms with van der Waals surface area (Å²) in [6.07, 6.45) is -10.4. The van der Waals surface area contributed by atoms with Crippen molar-refractivity contribution in [2.75, 3.05) is 52.5 Å². The van der Waals surface area contributed by atoms with Gasteiger partial charge in [-0.15, -0.1) is 0 Å². The third-order valence-corrected chi connectivity index (χ3v) is 19.7. The fourth-order valence-corrected chi connectivity index (χ4v) is 14.5. The van der Waals surface area contributed by atoms with Crippen molar-refractivity contribution in [2.24, 2.45) is 23.7 Å². The molecule has 0 aliphatic carbocycles. The Balaban J connectivity index is 1.13. The molecule has 576 valence electrons. The number of carbonyl (C=O) groups excluding carboxylic acids is 8. The van der Waals surface area contributed by atoms with Crippen LogP contribution in [-0.4, -0.2) is 144 Å². The fourth-order valence-electron chi connectivity index (χ4n) is 14.5. The zero-order chi connectivity index (χ0) is 78.7. The highest BCUT2D eigenvalue weighted by molar-refractivity contribution is 6.45. The molecule has 13 rings (SSSR count). The summed E-state index contributed by atoms with van der Waals surface area (Å²) in [7, 11) is 0. The zero-order valence-corrected chi connectivity index (χ0v) is 62.4. The molecule has 4 heterocycles. The highest BCUT2D eigenvalue weighted by Crippen LogP contribution is 2.58. The quantitative estimate of drug-likeness (QED) is 0.0140. The summed E-state index contributed by atoms with van der Waals surface area (Å²) in [6.45, 7) is 19.8. The summed E-state index contributed by atoms with van der Waals surface area (Å²) >= 11 is 0. The van der Waals surface area contributed by atoms with Gasteiger partial charge in [0.1, 0.15) is 58.1 Å². The molecule has 2 saturated heterocycles. The lowest BCUT2D eigenvalue weighted by Gasteiger charge is -2.38. The van der Waals surface area contributed by atoms with Crippen LogP contribution in [0.2, 0.25) is 0 Å². The van der Waals surface area contributed by atoms with Crippen LogP contribution >= 0.6 is 0 Å². The molecule has 9 aromatic rings. The number of fused-ring (bicyclic) bond motifs is 2. The van der Waals surface area contributed by atoms with Crippen molar-refractivity contribution in [1.82, 2.24) is 30.2 Å². The Kier molecular flexibility index (Phi) is 21.7. The molecule has 0 saturated carbocycles. The van der Waals surface area contributed by atoms with Crippen LogP contribution in [0.25, 0.3) is 43.1 Å². The summed E-state index contributed by atoms with van der Waals surface area (Å²) < 4.78 is 126. The van der Waals surface area contributed by atoms with Crippen molar-refractivity contribution in [3.8, 4) is 46.0 Å². The van der Waals surface area contributed by atoms with Gasteiger partial charge in [0, 0.05) is 95.2 Å². The first-order valence-electron chi connectivity index (χ1n) is 36.9. The number of ether oxygens (including phenoxy) is 6. The first-order chi connectivity index (χ1) is 52.2. The Morgan fingerprint density at radius 2 is 0.700 bits per heavy atom. The SMILES string of the molecule is Cc1ccc(Oc2cc3c4c(cc(Oc5ccc(C(F)(F)F)cc5)c5c6c(Oc7ccc(C(F)(F)F)cc7)cc7c8c(cc(Oc9ccc(C)cc9)c(c2c45)c86)C(=O)N(C(CC(C)C)C(=O)N(CCC(=O)NCC2CO2)CC(C)C)C7=O)C(=O)N(C(CC(C)C)C(=O)N(CCC(=O)NCC2CO2)CC(C)C)C3=O)cc1. The van der Waals surface area contributed by atoms with Gasteiger partial charge in [-0.2, -0.15) is 26.3 Å². The van der Waals surface area contributed by atoms with Gasteiger partial charge in [-0.25, -0.2) is 0 Å². The Hall–Kier alpha value is -10.9. The molecule has 0 radical (unpaired) electrons. The van der Waals surface area contributed by atoms with E-state index in [0.29, 0.717) is 13.2 Å². The number of epoxide rings is 2. The van der Waals surface area contributed by atoms with Gasteiger partial charge in [0.25, 0.3) is 23.6 Å². The van der Waals surface area contributed by atoms with Crippen molar-refractivity contribution < 1.29 is 93.1 Å². The molecule has 8 amide bonds. The number of rotatable bonds is 30. The standard InChI is InChI=1S/C84H84F6N6O14/c1-43(2)31-61(81(103)93(39-45(5)6)29-27-67(97)91-37-55-41-105-55)95-77(99)57-33-63(107-51-19-11-47(9)12-20-51)71-72-64(108-52-21-13-48(10)14-22-52)34-58-70-60(80(102)96(78(58)100)62(32-44(3)4)82(104)94(40-46(7)8)30-28-68(98)92-38-56-42-106-56)36-66(110-54-25-17-50(18-26-54)84(88,89)90)74(76(70)72)73-65(35-59(79(95)101)69(57)75(71)73)109-53-23-15-49(16-24-53)83(85,86)87/h11-26,33-36,43-46,55-56,61-62H,27-32,37-42H2,1-10H3,(H,91,97)(H,92,98). The lowest BCUT2D eigenvalue weighted by molar-refractivity contribution is -0.138. The van der Waals surface area contributed by atoms with E-state index in [1.807, 2.05) is 41.5 Å². The molecule has 20 nitrogen and oxygen atoms in total. The molecule has 9 aromatic carbocycles. The number of hydrogen-bond donors (Lipinski definition) is 2. The summed E-state index contributed by atoms with van der Waals surface area (Å²) in [5.41, 5.74) is -1.49. The predicted octanol–water partition coefficient (Wildman–Crippen LogP) is 16.4. The largest absolute Gasteiger partial charge is 0.457 e. The van der Waals surface area contributed by atoms with Crippen molar-refractivity contribution in [3.63, 3.8) is 0 Å². The lowest BCUT2D eigenvalue weighted by atomic mass is 9.80. The second-order valence-corrected chi connectivity index (χ2v) is 30.4. The van der Waals surface area contributed by atoms with Crippen molar-refractivity contribution in [3.05, 3.63) is 166 Å². The topological polar surface area (TPSA) is 236 Å². The average molecular weight is 1520 g/mol. The Bertz CT molecular complexity index is 4780. The number of alkyl halides is 6. The van der Waals surface area contributed by atoms with Gasteiger partial charge in [-0.05, 0) is 147 Å². The number of benzene rings is 9. The van der Waals surface area contributed by atoms with E-state index in [1.54, 1.807) is 76.2 Å². The Labute approximate surface area is 630 Å². The number of amides is 8. The van der Waals surface area contributed by atoms with E-state index < -0.39 is 71.0 Å². The van der Waals surface area contributed by atoms with Gasteiger partial charge in [0.15, 0.2) is 0 Å². The van der Waals surface area contributed by atoms with Crippen LogP contribution in [0.15, 0.2) is 121 Å². The molecule has 0 aromatic heterocycles. The summed E-state index contributed by atoms with van der Waals surface area (Å²) in [6, 6.07) is 23.1. The molecule has 0 bridgehead atoms. The molecular weight excluding hydrogens is 1430 g/mol. The van der Waals surface area contributed by atoms with Gasteiger partial charge >= 0.3 is 12.4 Å². The van der Waals surface area contributed by atoms with Gasteiger partial charge in [0.05, 0.1) is 58.8 Å². The minimum Gasteiger partial charge on any atom is -0.457 e. The van der Waals surface area contributed by atoms with Crippen LogP contribution in [0, 0.1) is 37.5 Å². The first-order valence-corrected chi connectivity index (χ1v) is 36.9. The lowest BCUT2D eigenvalue weighted by Crippen LogP contribution is -2.56. The molecule has 4 aliphatic rings. The molecule has 4 unspecified atom stereocenters. The average Bonchev–Trinajstić information content (AvgIpc) is 1.19. The van der Waals surface area contributed by atoms with Crippen LogP contribution in [-0.2, 0) is 41.0 Å². The number of imide groups is 2. The van der Waals surface area contributed by atoms with Gasteiger partial charge in [-0.3, -0.25) is 48.2 Å². The minimum atomic E-state index is -4.84. The van der Waals surface area contributed by atoms with Crippen LogP contribution in [0.5, 0.6) is 46.0 Å². The third-order valence-electron chi connectivity index (χ3n) is 19.7. The van der Waals surface area contributed by atoms with Crippen molar-refractivity contribution in [1.29, 1.82) is 0 Å². The molecule has 26 heteroatoms. The van der Waals surface area contributed by atoms with E-state index in [1.165, 1.54) is 34.1 Å². The summed E-state index contributed by atoms with van der Waals surface area (Å²) in [5, 5.41) is 5.22. The third kappa shape index (κ3) is 16.2. The number of hydrogen-bond acceptors (Lipinski definition) is 14. The van der Waals surface area contributed by atoms with Gasteiger partial charge < -0.3 is 48.9 Å². The van der Waals surface area contributed by atoms with Crippen LogP contribution < -0.4 is 29.6 Å². The highest BCUT2D eigenvalue weighted by Gasteiger charge is 2.48. The number of nitrogens with zero attached hydrogens (tertiary/aromatic N) is 4. The fraction of sp³-hybridized carbons (Fsp3) is 0.381. The number of halogens is 6. The monoisotopic (exact) mass is 1510 g/mol. The molecule has 2 fully saturated rings. The van der Waals surface area contributed by atoms with Crippen molar-refractivity contribution in [2.45, 2.75) is 132 Å².